The Morgan fingerprint density at radius 3 is 2.61 bits per heavy atom. The largest absolute Gasteiger partial charge is 0.454 e. The van der Waals surface area contributed by atoms with Crippen LogP contribution in [0.15, 0.2) is 48.5 Å². The molecule has 162 valence electrons. The van der Waals surface area contributed by atoms with Gasteiger partial charge in [0.1, 0.15) is 37.9 Å². The number of nitrogens with one attached hydrogen (secondary N) is 2. The van der Waals surface area contributed by atoms with Crippen LogP contribution in [-0.2, 0) is 6.54 Å². The third kappa shape index (κ3) is 4.26. The first-order valence-electron chi connectivity index (χ1n) is 11.2. The number of piperazine rings is 1. The average Bonchev–Trinajstić information content (AvgIpc) is 3.47. The normalized spacial score (nSPS) is 21.2. The van der Waals surface area contributed by atoms with Gasteiger partial charge in [-0.05, 0) is 40.3 Å². The zero-order valence-corrected chi connectivity index (χ0v) is 18.0. The van der Waals surface area contributed by atoms with Crippen LogP contribution < -0.4 is 19.3 Å². The second-order valence-corrected chi connectivity index (χ2v) is 8.35. The number of para-hydroxylation sites is 1. The molecule has 3 heterocycles. The number of quaternary nitrogens is 2. The van der Waals surface area contributed by atoms with Gasteiger partial charge in [-0.2, -0.15) is 0 Å². The van der Waals surface area contributed by atoms with Crippen molar-refractivity contribution >= 4 is 5.69 Å². The first-order chi connectivity index (χ1) is 15.3. The molecule has 3 aromatic rings. The highest BCUT2D eigenvalue weighted by Crippen LogP contribution is 2.32. The minimum absolute atomic E-state index is 0.286. The van der Waals surface area contributed by atoms with Crippen molar-refractivity contribution < 1.29 is 19.3 Å². The predicted molar refractivity (Wildman–Crippen MR) is 115 cm³/mol. The molecular weight excluding hydrogens is 392 g/mol. The Labute approximate surface area is 182 Å². The Morgan fingerprint density at radius 2 is 1.81 bits per heavy atom. The van der Waals surface area contributed by atoms with Crippen molar-refractivity contribution in [2.45, 2.75) is 32.4 Å². The maximum atomic E-state index is 5.53. The van der Waals surface area contributed by atoms with Crippen LogP contribution in [0.2, 0.25) is 0 Å². The molecule has 8 nitrogen and oxygen atoms in total. The van der Waals surface area contributed by atoms with E-state index in [1.807, 2.05) is 16.8 Å². The summed E-state index contributed by atoms with van der Waals surface area (Å²) >= 11 is 0. The lowest BCUT2D eigenvalue weighted by molar-refractivity contribution is -1.01. The van der Waals surface area contributed by atoms with Crippen molar-refractivity contribution in [1.29, 1.82) is 0 Å². The van der Waals surface area contributed by atoms with E-state index in [1.54, 1.807) is 9.80 Å². The van der Waals surface area contributed by atoms with Crippen LogP contribution in [0.3, 0.4) is 0 Å². The molecule has 2 aromatic carbocycles. The number of benzene rings is 2. The lowest BCUT2D eigenvalue weighted by atomic mass is 10.1. The molecule has 0 spiro atoms. The molecule has 0 amide bonds. The van der Waals surface area contributed by atoms with E-state index in [2.05, 4.69) is 58.8 Å². The van der Waals surface area contributed by atoms with Gasteiger partial charge >= 0.3 is 0 Å². The standard InChI is InChI=1S/C23H28N6O2/c1-2-6-20(28-13-11-27(12-14-28)19-7-4-3-5-8-19)23-24-25-26-29(23)16-18-9-10-21-22(15-18)31-17-30-21/h3-5,7-10,15,20H,2,6,11-14,16-17H2,1H3/p+2/t20-/m1/s1. The quantitative estimate of drug-likeness (QED) is 0.577. The second-order valence-electron chi connectivity index (χ2n) is 8.35. The number of rotatable bonds is 7. The van der Waals surface area contributed by atoms with Gasteiger partial charge in [0.15, 0.2) is 11.5 Å². The maximum absolute atomic E-state index is 5.53. The predicted octanol–water partition coefficient (Wildman–Crippen LogP) is 0.406. The molecular formula is C23H30N6O2+2. The summed E-state index contributed by atoms with van der Waals surface area (Å²) in [5.41, 5.74) is 2.50. The molecule has 1 atom stereocenters. The Morgan fingerprint density at radius 1 is 1.00 bits per heavy atom. The minimum Gasteiger partial charge on any atom is -0.454 e. The van der Waals surface area contributed by atoms with Gasteiger partial charge in [-0.25, -0.2) is 4.68 Å². The highest BCUT2D eigenvalue weighted by atomic mass is 16.7. The molecule has 2 aliphatic heterocycles. The molecule has 0 bridgehead atoms. The second kappa shape index (κ2) is 9.03. The molecule has 1 aromatic heterocycles. The smallest absolute Gasteiger partial charge is 0.231 e. The monoisotopic (exact) mass is 422 g/mol. The number of hydrogen-bond donors (Lipinski definition) is 2. The van der Waals surface area contributed by atoms with Crippen LogP contribution in [0.25, 0.3) is 0 Å². The van der Waals surface area contributed by atoms with Crippen molar-refractivity contribution in [3.8, 4) is 11.5 Å². The van der Waals surface area contributed by atoms with E-state index >= 15 is 0 Å². The summed E-state index contributed by atoms with van der Waals surface area (Å²) in [6.45, 7) is 7.65. The van der Waals surface area contributed by atoms with E-state index in [9.17, 15) is 0 Å². The van der Waals surface area contributed by atoms with Gasteiger partial charge in [-0.3, -0.25) is 4.90 Å². The SMILES string of the molecule is CCC[C@H](c1nnnn1Cc1ccc2c(c1)OCO2)[NH+]1CC[NH+](c2ccccc2)CC1. The molecule has 0 unspecified atom stereocenters. The number of aromatic nitrogens is 4. The fourth-order valence-corrected chi connectivity index (χ4v) is 4.77. The lowest BCUT2D eigenvalue weighted by Crippen LogP contribution is -3.26. The minimum atomic E-state index is 0.286. The fraction of sp³-hybridized carbons (Fsp3) is 0.435. The third-order valence-corrected chi connectivity index (χ3v) is 6.39. The highest BCUT2D eigenvalue weighted by Gasteiger charge is 2.34. The summed E-state index contributed by atoms with van der Waals surface area (Å²) in [7, 11) is 0. The van der Waals surface area contributed by atoms with Crippen LogP contribution in [0.4, 0.5) is 5.69 Å². The third-order valence-electron chi connectivity index (χ3n) is 6.39. The summed E-state index contributed by atoms with van der Waals surface area (Å²) < 4.78 is 12.9. The summed E-state index contributed by atoms with van der Waals surface area (Å²) in [6, 6.07) is 17.2. The Kier molecular flexibility index (Phi) is 5.82. The summed E-state index contributed by atoms with van der Waals surface area (Å²) in [5.74, 6) is 2.58. The van der Waals surface area contributed by atoms with Gasteiger partial charge in [0.05, 0.1) is 6.54 Å². The molecule has 1 fully saturated rings. The molecule has 0 saturated carbocycles. The van der Waals surface area contributed by atoms with E-state index in [4.69, 9.17) is 9.47 Å². The van der Waals surface area contributed by atoms with Crippen LogP contribution in [0.1, 0.15) is 37.2 Å². The van der Waals surface area contributed by atoms with Crippen LogP contribution in [-0.4, -0.2) is 53.2 Å². The summed E-state index contributed by atoms with van der Waals surface area (Å²) in [4.78, 5) is 3.16. The number of fused-ring (bicyclic) bond motifs is 1. The van der Waals surface area contributed by atoms with Crippen LogP contribution in [0, 0.1) is 0 Å². The lowest BCUT2D eigenvalue weighted by Gasteiger charge is -2.33. The molecule has 1 saturated heterocycles. The highest BCUT2D eigenvalue weighted by molar-refractivity contribution is 5.44. The maximum Gasteiger partial charge on any atom is 0.231 e. The molecule has 8 heteroatoms. The first-order valence-corrected chi connectivity index (χ1v) is 11.2. The van der Waals surface area contributed by atoms with Crippen LogP contribution >= 0.6 is 0 Å². The van der Waals surface area contributed by atoms with Gasteiger partial charge in [0, 0.05) is 6.42 Å². The van der Waals surface area contributed by atoms with Crippen molar-refractivity contribution in [2.75, 3.05) is 33.0 Å². The molecule has 31 heavy (non-hydrogen) atoms. The topological polar surface area (TPSA) is 70.9 Å². The van der Waals surface area contributed by atoms with Gasteiger partial charge in [0.2, 0.25) is 12.6 Å². The average molecular weight is 423 g/mol. The Hall–Kier alpha value is -2.97. The van der Waals surface area contributed by atoms with Crippen LogP contribution in [0.5, 0.6) is 11.5 Å². The summed E-state index contributed by atoms with van der Waals surface area (Å²) in [6.07, 6.45) is 2.19. The Balaban J connectivity index is 1.31. The number of hydrogen-bond acceptors (Lipinski definition) is 5. The zero-order chi connectivity index (χ0) is 21.0. The number of nitrogens with zero attached hydrogens (tertiary/aromatic N) is 4. The van der Waals surface area contributed by atoms with E-state index in [0.29, 0.717) is 12.6 Å². The van der Waals surface area contributed by atoms with Gasteiger partial charge in [-0.15, -0.1) is 5.10 Å². The van der Waals surface area contributed by atoms with Gasteiger partial charge in [0.25, 0.3) is 0 Å². The molecule has 0 aliphatic carbocycles. The first kappa shape index (κ1) is 20.0. The molecule has 2 N–H and O–H groups in total. The summed E-state index contributed by atoms with van der Waals surface area (Å²) in [5, 5.41) is 12.8. The van der Waals surface area contributed by atoms with Crippen molar-refractivity contribution in [3.63, 3.8) is 0 Å². The molecule has 2 aliphatic rings. The molecule has 0 radical (unpaired) electrons. The van der Waals surface area contributed by atoms with Gasteiger partial charge < -0.3 is 14.4 Å². The van der Waals surface area contributed by atoms with E-state index < -0.39 is 0 Å². The molecule has 5 rings (SSSR count). The van der Waals surface area contributed by atoms with Gasteiger partial charge in [-0.1, -0.05) is 37.6 Å². The van der Waals surface area contributed by atoms with E-state index in [0.717, 1.165) is 61.9 Å². The van der Waals surface area contributed by atoms with E-state index in [-0.39, 0.29) is 6.79 Å². The number of ether oxygens (including phenoxy) is 2. The zero-order valence-electron chi connectivity index (χ0n) is 18.0. The van der Waals surface area contributed by atoms with Crippen molar-refractivity contribution in [3.05, 3.63) is 59.9 Å². The number of tetrazole rings is 1. The Bertz CT molecular complexity index is 1000. The van der Waals surface area contributed by atoms with E-state index in [1.165, 1.54) is 5.69 Å². The van der Waals surface area contributed by atoms with Crippen molar-refractivity contribution in [1.82, 2.24) is 20.2 Å². The van der Waals surface area contributed by atoms with Crippen molar-refractivity contribution in [2.24, 2.45) is 0 Å². The fourth-order valence-electron chi connectivity index (χ4n) is 4.77.